The third-order valence-corrected chi connectivity index (χ3v) is 2.58. The lowest BCUT2D eigenvalue weighted by Crippen LogP contribution is -2.08. The maximum Gasteiger partial charge on any atom is 0.162 e. The van der Waals surface area contributed by atoms with E-state index in [9.17, 15) is 0 Å². The zero-order valence-corrected chi connectivity index (χ0v) is 10.3. The summed E-state index contributed by atoms with van der Waals surface area (Å²) < 4.78 is 6.98. The molecule has 0 saturated heterocycles. The molecule has 2 aromatic rings. The zero-order valence-electron chi connectivity index (χ0n) is 9.51. The van der Waals surface area contributed by atoms with Crippen LogP contribution in [0.3, 0.4) is 0 Å². The van der Waals surface area contributed by atoms with Gasteiger partial charge in [-0.05, 0) is 6.92 Å². The molecule has 0 aliphatic heterocycles. The van der Waals surface area contributed by atoms with E-state index in [0.29, 0.717) is 16.6 Å². The van der Waals surface area contributed by atoms with E-state index < -0.39 is 0 Å². The number of nitrogens with zero attached hydrogens (tertiary/aromatic N) is 4. The summed E-state index contributed by atoms with van der Waals surface area (Å²) >= 11 is 6.02. The van der Waals surface area contributed by atoms with Crippen LogP contribution in [0.15, 0.2) is 6.20 Å². The Morgan fingerprint density at radius 3 is 3.06 bits per heavy atom. The van der Waals surface area contributed by atoms with Gasteiger partial charge in [-0.2, -0.15) is 5.10 Å². The van der Waals surface area contributed by atoms with Crippen molar-refractivity contribution in [3.05, 3.63) is 17.2 Å². The Balaban J connectivity index is 2.30. The molecule has 0 aliphatic rings. The standard InChI is InChI=1S/C11H11ClN4O/c1-4-7(2)17-6-9-14-10(12)8-5-13-16(3)11(8)15-9/h1,5,7H,6H2,2-3H3. The summed E-state index contributed by atoms with van der Waals surface area (Å²) in [6.07, 6.45) is 6.56. The Morgan fingerprint density at radius 1 is 1.59 bits per heavy atom. The van der Waals surface area contributed by atoms with Gasteiger partial charge in [-0.1, -0.05) is 17.5 Å². The molecule has 17 heavy (non-hydrogen) atoms. The third kappa shape index (κ3) is 2.38. The lowest BCUT2D eigenvalue weighted by Gasteiger charge is -2.06. The van der Waals surface area contributed by atoms with Gasteiger partial charge >= 0.3 is 0 Å². The molecular weight excluding hydrogens is 240 g/mol. The quantitative estimate of drug-likeness (QED) is 0.613. The number of hydrogen-bond acceptors (Lipinski definition) is 4. The summed E-state index contributed by atoms with van der Waals surface area (Å²) in [7, 11) is 1.79. The molecule has 0 spiro atoms. The molecule has 0 radical (unpaired) electrons. The second-order valence-corrected chi connectivity index (χ2v) is 3.91. The van der Waals surface area contributed by atoms with Crippen LogP contribution in [0.25, 0.3) is 11.0 Å². The van der Waals surface area contributed by atoms with E-state index in [0.717, 1.165) is 5.39 Å². The topological polar surface area (TPSA) is 52.8 Å². The smallest absolute Gasteiger partial charge is 0.162 e. The largest absolute Gasteiger partial charge is 0.358 e. The van der Waals surface area contributed by atoms with Crippen molar-refractivity contribution < 1.29 is 4.74 Å². The van der Waals surface area contributed by atoms with Crippen LogP contribution in [-0.2, 0) is 18.4 Å². The van der Waals surface area contributed by atoms with Crippen LogP contribution in [0.5, 0.6) is 0 Å². The van der Waals surface area contributed by atoms with Crippen LogP contribution >= 0.6 is 11.6 Å². The Bertz CT molecular complexity index is 587. The second-order valence-electron chi connectivity index (χ2n) is 3.56. The summed E-state index contributed by atoms with van der Waals surface area (Å²) in [5, 5.41) is 5.16. The van der Waals surface area contributed by atoms with Gasteiger partial charge in [0.1, 0.15) is 17.9 Å². The first-order valence-electron chi connectivity index (χ1n) is 5.03. The molecule has 0 fully saturated rings. The molecule has 0 bridgehead atoms. The van der Waals surface area contributed by atoms with Crippen molar-refractivity contribution in [3.8, 4) is 12.3 Å². The molecule has 0 aliphatic carbocycles. The molecular formula is C11H11ClN4O. The number of fused-ring (bicyclic) bond motifs is 1. The lowest BCUT2D eigenvalue weighted by atomic mass is 10.4. The van der Waals surface area contributed by atoms with Crippen LogP contribution in [0.4, 0.5) is 0 Å². The van der Waals surface area contributed by atoms with Crippen molar-refractivity contribution in [3.63, 3.8) is 0 Å². The van der Waals surface area contributed by atoms with Gasteiger partial charge in [0.15, 0.2) is 11.5 Å². The SMILES string of the molecule is C#CC(C)OCc1nc(Cl)c2cnn(C)c2n1. The number of terminal acetylenes is 1. The van der Waals surface area contributed by atoms with Crippen LogP contribution in [-0.4, -0.2) is 25.9 Å². The minimum atomic E-state index is -0.278. The summed E-state index contributed by atoms with van der Waals surface area (Å²) in [5.41, 5.74) is 0.678. The predicted molar refractivity (Wildman–Crippen MR) is 64.4 cm³/mol. The van der Waals surface area contributed by atoms with Gasteiger partial charge in [0.25, 0.3) is 0 Å². The zero-order chi connectivity index (χ0) is 12.4. The Labute approximate surface area is 104 Å². The van der Waals surface area contributed by atoms with Crippen LogP contribution < -0.4 is 0 Å². The van der Waals surface area contributed by atoms with E-state index in [-0.39, 0.29) is 12.7 Å². The molecule has 0 aromatic carbocycles. The van der Waals surface area contributed by atoms with E-state index in [1.807, 2.05) is 0 Å². The predicted octanol–water partition coefficient (Wildman–Crippen LogP) is 1.55. The summed E-state index contributed by atoms with van der Waals surface area (Å²) in [6, 6.07) is 0. The minimum absolute atomic E-state index is 0.228. The highest BCUT2D eigenvalue weighted by Gasteiger charge is 2.10. The van der Waals surface area contributed by atoms with Crippen molar-refractivity contribution in [1.29, 1.82) is 0 Å². The highest BCUT2D eigenvalue weighted by molar-refractivity contribution is 6.33. The first-order valence-corrected chi connectivity index (χ1v) is 5.41. The van der Waals surface area contributed by atoms with Gasteiger partial charge in [0.2, 0.25) is 0 Å². The fourth-order valence-electron chi connectivity index (χ4n) is 1.34. The number of aromatic nitrogens is 4. The molecule has 2 heterocycles. The molecule has 0 saturated carbocycles. The molecule has 5 nitrogen and oxygen atoms in total. The molecule has 0 amide bonds. The van der Waals surface area contributed by atoms with E-state index in [4.69, 9.17) is 22.8 Å². The van der Waals surface area contributed by atoms with Gasteiger partial charge in [0, 0.05) is 7.05 Å². The number of hydrogen-bond donors (Lipinski definition) is 0. The van der Waals surface area contributed by atoms with E-state index in [1.165, 1.54) is 0 Å². The average molecular weight is 251 g/mol. The summed E-state index contributed by atoms with van der Waals surface area (Å²) in [4.78, 5) is 8.44. The number of rotatable bonds is 3. The van der Waals surface area contributed by atoms with Crippen molar-refractivity contribution >= 4 is 22.6 Å². The van der Waals surface area contributed by atoms with Gasteiger partial charge in [-0.3, -0.25) is 4.68 Å². The lowest BCUT2D eigenvalue weighted by molar-refractivity contribution is 0.0854. The van der Waals surface area contributed by atoms with E-state index in [1.54, 1.807) is 24.9 Å². The highest BCUT2D eigenvalue weighted by Crippen LogP contribution is 2.19. The van der Waals surface area contributed by atoms with E-state index in [2.05, 4.69) is 21.0 Å². The monoisotopic (exact) mass is 250 g/mol. The van der Waals surface area contributed by atoms with Crippen LogP contribution in [0.2, 0.25) is 5.15 Å². The summed E-state index contributed by atoms with van der Waals surface area (Å²) in [6.45, 7) is 2.01. The van der Waals surface area contributed by atoms with Gasteiger partial charge in [-0.15, -0.1) is 6.42 Å². The van der Waals surface area contributed by atoms with Crippen molar-refractivity contribution in [2.45, 2.75) is 19.6 Å². The average Bonchev–Trinajstić information content (AvgIpc) is 2.69. The molecule has 1 unspecified atom stereocenters. The normalized spacial score (nSPS) is 12.6. The van der Waals surface area contributed by atoms with Gasteiger partial charge in [0.05, 0.1) is 11.6 Å². The summed E-state index contributed by atoms with van der Waals surface area (Å²) in [5.74, 6) is 2.96. The molecule has 88 valence electrons. The number of aryl methyl sites for hydroxylation is 1. The fraction of sp³-hybridized carbons (Fsp3) is 0.364. The number of ether oxygens (including phenoxy) is 1. The highest BCUT2D eigenvalue weighted by atomic mass is 35.5. The van der Waals surface area contributed by atoms with Crippen LogP contribution in [0.1, 0.15) is 12.7 Å². The third-order valence-electron chi connectivity index (χ3n) is 2.29. The van der Waals surface area contributed by atoms with Crippen molar-refractivity contribution in [2.75, 3.05) is 0 Å². The minimum Gasteiger partial charge on any atom is -0.358 e. The first-order chi connectivity index (χ1) is 8.11. The van der Waals surface area contributed by atoms with Gasteiger partial charge in [-0.25, -0.2) is 9.97 Å². The molecule has 1 atom stereocenters. The first kappa shape index (κ1) is 11.8. The molecule has 6 heteroatoms. The fourth-order valence-corrected chi connectivity index (χ4v) is 1.57. The molecule has 2 aromatic heterocycles. The maximum absolute atomic E-state index is 6.02. The Kier molecular flexibility index (Phi) is 3.27. The van der Waals surface area contributed by atoms with Crippen LogP contribution in [0, 0.1) is 12.3 Å². The van der Waals surface area contributed by atoms with Crippen molar-refractivity contribution in [1.82, 2.24) is 19.7 Å². The Hall–Kier alpha value is -1.64. The maximum atomic E-state index is 6.02. The number of halogens is 1. The van der Waals surface area contributed by atoms with Gasteiger partial charge < -0.3 is 4.74 Å². The Morgan fingerprint density at radius 2 is 2.35 bits per heavy atom. The van der Waals surface area contributed by atoms with Crippen molar-refractivity contribution in [2.24, 2.45) is 7.05 Å². The second kappa shape index (κ2) is 4.70. The van der Waals surface area contributed by atoms with E-state index >= 15 is 0 Å². The molecule has 0 N–H and O–H groups in total. The molecule has 2 rings (SSSR count).